The Labute approximate surface area is 198 Å². The molecular weight excluding hydrogens is 430 g/mol. The molecule has 0 unspecified atom stereocenters. The molecule has 0 bridgehead atoms. The molecule has 0 N–H and O–H groups in total. The maximum absolute atomic E-state index is 5.93. The number of nitrogens with zero attached hydrogens (tertiary/aromatic N) is 7. The van der Waals surface area contributed by atoms with Crippen LogP contribution in [0, 0.1) is 5.92 Å². The Morgan fingerprint density at radius 1 is 1.06 bits per heavy atom. The molecular formula is C25H31N7O2. The van der Waals surface area contributed by atoms with Crippen molar-refractivity contribution in [1.29, 1.82) is 0 Å². The Morgan fingerprint density at radius 3 is 2.76 bits per heavy atom. The van der Waals surface area contributed by atoms with E-state index in [4.69, 9.17) is 19.6 Å². The summed E-state index contributed by atoms with van der Waals surface area (Å²) in [5.74, 6) is 0.162. The van der Waals surface area contributed by atoms with Crippen LogP contribution >= 0.6 is 0 Å². The fourth-order valence-corrected chi connectivity index (χ4v) is 5.42. The van der Waals surface area contributed by atoms with E-state index in [0.29, 0.717) is 25.1 Å². The summed E-state index contributed by atoms with van der Waals surface area (Å²) >= 11 is 0. The van der Waals surface area contributed by atoms with Gasteiger partial charge < -0.3 is 9.47 Å². The Balaban J connectivity index is 1.30. The third kappa shape index (κ3) is 3.92. The highest BCUT2D eigenvalue weighted by Gasteiger charge is 2.33. The number of hydrogen-bond acceptors (Lipinski definition) is 6. The van der Waals surface area contributed by atoms with Crippen LogP contribution in [0.25, 0.3) is 28.0 Å². The van der Waals surface area contributed by atoms with Crippen LogP contribution in [0.3, 0.4) is 0 Å². The van der Waals surface area contributed by atoms with Gasteiger partial charge in [0.1, 0.15) is 6.10 Å². The van der Waals surface area contributed by atoms with E-state index < -0.39 is 5.79 Å². The van der Waals surface area contributed by atoms with Crippen molar-refractivity contribution in [2.75, 3.05) is 6.61 Å². The molecule has 2 fully saturated rings. The second-order valence-electron chi connectivity index (χ2n) is 9.91. The summed E-state index contributed by atoms with van der Waals surface area (Å²) in [6.07, 6.45) is 16.6. The van der Waals surface area contributed by atoms with Crippen molar-refractivity contribution >= 4 is 5.52 Å². The minimum Gasteiger partial charge on any atom is -0.348 e. The predicted molar refractivity (Wildman–Crippen MR) is 127 cm³/mol. The number of rotatable bonds is 6. The van der Waals surface area contributed by atoms with Crippen molar-refractivity contribution in [2.45, 2.75) is 70.9 Å². The molecule has 1 saturated carbocycles. The van der Waals surface area contributed by atoms with Crippen LogP contribution in [-0.2, 0) is 16.0 Å². The number of ether oxygens (including phenoxy) is 2. The second kappa shape index (κ2) is 8.32. The summed E-state index contributed by atoms with van der Waals surface area (Å²) in [6.45, 7) is 7.34. The first-order chi connectivity index (χ1) is 16.5. The molecule has 0 amide bonds. The van der Waals surface area contributed by atoms with Gasteiger partial charge in [-0.2, -0.15) is 15.3 Å². The van der Waals surface area contributed by atoms with Crippen LogP contribution < -0.4 is 0 Å². The van der Waals surface area contributed by atoms with Crippen LogP contribution in [-0.4, -0.2) is 52.7 Å². The van der Waals surface area contributed by atoms with Gasteiger partial charge in [-0.25, -0.2) is 9.50 Å². The Bertz CT molecular complexity index is 1300. The van der Waals surface area contributed by atoms with Crippen LogP contribution in [0.2, 0.25) is 0 Å². The lowest BCUT2D eigenvalue weighted by Gasteiger charge is -2.18. The van der Waals surface area contributed by atoms with Crippen molar-refractivity contribution in [3.8, 4) is 22.5 Å². The van der Waals surface area contributed by atoms with Crippen molar-refractivity contribution in [3.63, 3.8) is 0 Å². The van der Waals surface area contributed by atoms with E-state index in [1.165, 1.54) is 25.7 Å². The number of fused-ring (bicyclic) bond motifs is 1. The zero-order valence-corrected chi connectivity index (χ0v) is 20.0. The van der Waals surface area contributed by atoms with Crippen molar-refractivity contribution in [3.05, 3.63) is 43.2 Å². The molecule has 1 aliphatic heterocycles. The van der Waals surface area contributed by atoms with E-state index in [0.717, 1.165) is 28.0 Å². The quantitative estimate of drug-likeness (QED) is 0.424. The summed E-state index contributed by atoms with van der Waals surface area (Å²) in [7, 11) is 0. The second-order valence-corrected chi connectivity index (χ2v) is 9.91. The third-order valence-corrected chi connectivity index (χ3v) is 7.13. The predicted octanol–water partition coefficient (Wildman–Crippen LogP) is 4.36. The summed E-state index contributed by atoms with van der Waals surface area (Å²) in [4.78, 5) is 5.04. The monoisotopic (exact) mass is 461 g/mol. The van der Waals surface area contributed by atoms with E-state index in [2.05, 4.69) is 28.0 Å². The van der Waals surface area contributed by atoms with E-state index in [1.807, 2.05) is 53.9 Å². The maximum atomic E-state index is 5.93. The van der Waals surface area contributed by atoms with Crippen LogP contribution in [0.15, 0.2) is 43.2 Å². The molecule has 9 nitrogen and oxygen atoms in total. The van der Waals surface area contributed by atoms with Crippen molar-refractivity contribution < 1.29 is 9.47 Å². The molecule has 0 spiro atoms. The van der Waals surface area contributed by atoms with Gasteiger partial charge in [0.05, 0.1) is 60.9 Å². The lowest BCUT2D eigenvalue weighted by molar-refractivity contribution is -0.139. The average Bonchev–Trinajstić information content (AvgIpc) is 3.62. The van der Waals surface area contributed by atoms with Gasteiger partial charge in [0, 0.05) is 23.5 Å². The van der Waals surface area contributed by atoms with E-state index in [1.54, 1.807) is 6.20 Å². The Kier molecular flexibility index (Phi) is 5.26. The SMILES string of the molecule is CC[C@@H]1CCC[C@@H]1n1cc(-c2nc(-c3cnn(C[C@@H]4COC(C)(C)O4)c3)cn3nccc23)cn1. The molecule has 6 rings (SSSR count). The first-order valence-electron chi connectivity index (χ1n) is 12.2. The van der Waals surface area contributed by atoms with Crippen LogP contribution in [0.4, 0.5) is 0 Å². The molecule has 1 aliphatic carbocycles. The minimum absolute atomic E-state index is 0.0201. The highest BCUT2D eigenvalue weighted by Crippen LogP contribution is 2.38. The third-order valence-electron chi connectivity index (χ3n) is 7.13. The topological polar surface area (TPSA) is 84.3 Å². The smallest absolute Gasteiger partial charge is 0.163 e. The molecule has 178 valence electrons. The summed E-state index contributed by atoms with van der Waals surface area (Å²) in [6, 6.07) is 2.48. The highest BCUT2D eigenvalue weighted by atomic mass is 16.7. The summed E-state index contributed by atoms with van der Waals surface area (Å²) in [5.41, 5.74) is 4.62. The molecule has 4 aromatic heterocycles. The molecule has 1 saturated heterocycles. The lowest BCUT2D eigenvalue weighted by atomic mass is 10.0. The number of hydrogen-bond donors (Lipinski definition) is 0. The fraction of sp³-hybridized carbons (Fsp3) is 0.520. The molecule has 0 radical (unpaired) electrons. The van der Waals surface area contributed by atoms with Gasteiger partial charge >= 0.3 is 0 Å². The molecule has 2 aliphatic rings. The van der Waals surface area contributed by atoms with E-state index in [9.17, 15) is 0 Å². The highest BCUT2D eigenvalue weighted by molar-refractivity contribution is 5.78. The fourth-order valence-electron chi connectivity index (χ4n) is 5.42. The van der Waals surface area contributed by atoms with Gasteiger partial charge in [0.2, 0.25) is 0 Å². The van der Waals surface area contributed by atoms with E-state index >= 15 is 0 Å². The molecule has 4 aromatic rings. The normalized spacial score (nSPS) is 24.4. The summed E-state index contributed by atoms with van der Waals surface area (Å²) in [5, 5.41) is 13.8. The van der Waals surface area contributed by atoms with Gasteiger partial charge in [-0.1, -0.05) is 19.8 Å². The van der Waals surface area contributed by atoms with Crippen LogP contribution in [0.5, 0.6) is 0 Å². The van der Waals surface area contributed by atoms with Gasteiger partial charge in [-0.05, 0) is 38.7 Å². The van der Waals surface area contributed by atoms with Gasteiger partial charge in [0.15, 0.2) is 5.79 Å². The number of aromatic nitrogens is 7. The van der Waals surface area contributed by atoms with E-state index in [-0.39, 0.29) is 6.10 Å². The van der Waals surface area contributed by atoms with Crippen LogP contribution in [0.1, 0.15) is 52.5 Å². The zero-order chi connectivity index (χ0) is 23.3. The van der Waals surface area contributed by atoms with Crippen molar-refractivity contribution in [1.82, 2.24) is 34.2 Å². The minimum atomic E-state index is -0.539. The molecule has 5 heterocycles. The summed E-state index contributed by atoms with van der Waals surface area (Å²) < 4.78 is 17.5. The first kappa shape index (κ1) is 21.5. The zero-order valence-electron chi connectivity index (χ0n) is 20.0. The average molecular weight is 462 g/mol. The van der Waals surface area contributed by atoms with Gasteiger partial charge in [0.25, 0.3) is 0 Å². The van der Waals surface area contributed by atoms with Gasteiger partial charge in [-0.3, -0.25) is 9.36 Å². The maximum Gasteiger partial charge on any atom is 0.163 e. The molecule has 9 heteroatoms. The molecule has 0 aromatic carbocycles. The molecule has 3 atom stereocenters. The largest absolute Gasteiger partial charge is 0.348 e. The first-order valence-corrected chi connectivity index (χ1v) is 12.2. The Hall–Kier alpha value is -3.04. The lowest BCUT2D eigenvalue weighted by Crippen LogP contribution is -2.24. The van der Waals surface area contributed by atoms with Gasteiger partial charge in [-0.15, -0.1) is 0 Å². The molecule has 34 heavy (non-hydrogen) atoms. The van der Waals surface area contributed by atoms with Crippen molar-refractivity contribution in [2.24, 2.45) is 5.92 Å². The Morgan fingerprint density at radius 2 is 1.94 bits per heavy atom. The standard InChI is InChI=1S/C25H31N7O2/c1-4-17-6-5-7-22(17)31-13-19(11-28-31)24-23-8-9-26-32(23)15-21(29-24)18-10-27-30(12-18)14-20-16-33-25(2,3)34-20/h8-13,15,17,20,22H,4-7,14,16H2,1-3H3/t17-,20-,22+/m1/s1.